The monoisotopic (exact) mass is 360 g/mol. The molecule has 0 aliphatic carbocycles. The first kappa shape index (κ1) is 19.0. The number of non-ortho nitro benzene ring substituents is 1. The van der Waals surface area contributed by atoms with Crippen molar-refractivity contribution in [2.24, 2.45) is 0 Å². The molecule has 1 aromatic rings. The fraction of sp³-hybridized carbons (Fsp3) is 0.533. The zero-order valence-corrected chi connectivity index (χ0v) is 13.8. The van der Waals surface area contributed by atoms with Gasteiger partial charge in [-0.1, -0.05) is 0 Å². The van der Waals surface area contributed by atoms with Crippen LogP contribution in [-0.4, -0.2) is 61.2 Å². The zero-order valence-electron chi connectivity index (χ0n) is 13.8. The fourth-order valence-corrected chi connectivity index (χ4v) is 2.91. The molecule has 10 heteroatoms. The van der Waals surface area contributed by atoms with Crippen LogP contribution < -0.4 is 10.2 Å². The van der Waals surface area contributed by atoms with Crippen molar-refractivity contribution in [3.8, 4) is 0 Å². The van der Waals surface area contributed by atoms with Crippen LogP contribution in [0.1, 0.15) is 17.3 Å². The summed E-state index contributed by atoms with van der Waals surface area (Å²) in [6.45, 7) is 1.47. The normalized spacial score (nSPS) is 18.9. The Hall–Kier alpha value is -2.36. The van der Waals surface area contributed by atoms with E-state index in [0.29, 0.717) is 12.2 Å². The Bertz CT molecular complexity index is 666. The van der Waals surface area contributed by atoms with E-state index in [1.54, 1.807) is 11.8 Å². The van der Waals surface area contributed by atoms with Crippen molar-refractivity contribution in [3.63, 3.8) is 0 Å². The summed E-state index contributed by atoms with van der Waals surface area (Å²) < 4.78 is 37.8. The highest BCUT2D eigenvalue weighted by Crippen LogP contribution is 2.28. The molecule has 0 spiro atoms. The van der Waals surface area contributed by atoms with Crippen molar-refractivity contribution in [2.45, 2.75) is 19.1 Å². The summed E-state index contributed by atoms with van der Waals surface area (Å²) >= 11 is 0. The van der Waals surface area contributed by atoms with Crippen LogP contribution in [0.4, 0.5) is 24.5 Å². The number of hydrogen-bond acceptors (Lipinski definition) is 5. The highest BCUT2D eigenvalue weighted by molar-refractivity contribution is 6.00. The summed E-state index contributed by atoms with van der Waals surface area (Å²) in [5.41, 5.74) is 0.391. The maximum Gasteiger partial charge on any atom is 0.401 e. The minimum atomic E-state index is -4.27. The van der Waals surface area contributed by atoms with Gasteiger partial charge in [0.1, 0.15) is 0 Å². The standard InChI is InChI=1S/C15H19F3N4O3/c1-10-8-20(5-6-21(10)9-15(16,17)18)13-4-3-11(22(24)25)7-12(13)14(23)19-2/h3-4,7,10H,5-6,8-9H2,1-2H3,(H,19,23). The molecule has 138 valence electrons. The summed E-state index contributed by atoms with van der Waals surface area (Å²) in [6, 6.07) is 3.56. The Morgan fingerprint density at radius 3 is 2.60 bits per heavy atom. The Morgan fingerprint density at radius 1 is 1.40 bits per heavy atom. The van der Waals surface area contributed by atoms with Crippen molar-refractivity contribution in [2.75, 3.05) is 38.1 Å². The van der Waals surface area contributed by atoms with Gasteiger partial charge >= 0.3 is 6.18 Å². The number of benzene rings is 1. The van der Waals surface area contributed by atoms with Gasteiger partial charge in [0, 0.05) is 44.9 Å². The van der Waals surface area contributed by atoms with E-state index in [-0.39, 0.29) is 30.4 Å². The van der Waals surface area contributed by atoms with E-state index in [1.807, 2.05) is 0 Å². The van der Waals surface area contributed by atoms with Crippen LogP contribution in [-0.2, 0) is 0 Å². The molecule has 1 unspecified atom stereocenters. The first-order valence-corrected chi connectivity index (χ1v) is 7.68. The molecule has 1 heterocycles. The topological polar surface area (TPSA) is 78.7 Å². The van der Waals surface area contributed by atoms with Crippen LogP contribution in [0.2, 0.25) is 0 Å². The number of hydrogen-bond donors (Lipinski definition) is 1. The number of carbonyl (C=O) groups excluding carboxylic acids is 1. The summed E-state index contributed by atoms with van der Waals surface area (Å²) in [7, 11) is 1.41. The van der Waals surface area contributed by atoms with E-state index < -0.39 is 23.6 Å². The Kier molecular flexibility index (Phi) is 5.51. The quantitative estimate of drug-likeness (QED) is 0.657. The van der Waals surface area contributed by atoms with Gasteiger partial charge in [-0.2, -0.15) is 13.2 Å². The number of nitro benzene ring substituents is 1. The molecule has 0 saturated carbocycles. The molecular formula is C15H19F3N4O3. The third kappa shape index (κ3) is 4.59. The van der Waals surface area contributed by atoms with Crippen LogP contribution >= 0.6 is 0 Å². The SMILES string of the molecule is CNC(=O)c1cc([N+](=O)[O-])ccc1N1CCN(CC(F)(F)F)C(C)C1. The maximum atomic E-state index is 12.6. The smallest absolute Gasteiger partial charge is 0.368 e. The molecule has 1 atom stereocenters. The van der Waals surface area contributed by atoms with Gasteiger partial charge in [0.15, 0.2) is 0 Å². The lowest BCUT2D eigenvalue weighted by Gasteiger charge is -2.41. The van der Waals surface area contributed by atoms with Gasteiger partial charge in [-0.05, 0) is 13.0 Å². The molecule has 0 aromatic heterocycles. The van der Waals surface area contributed by atoms with Gasteiger partial charge in [-0.25, -0.2) is 0 Å². The number of piperazine rings is 1. The van der Waals surface area contributed by atoms with Gasteiger partial charge in [0.2, 0.25) is 0 Å². The second-order valence-corrected chi connectivity index (χ2v) is 5.92. The lowest BCUT2D eigenvalue weighted by atomic mass is 10.1. The lowest BCUT2D eigenvalue weighted by Crippen LogP contribution is -2.54. The molecule has 2 rings (SSSR count). The van der Waals surface area contributed by atoms with E-state index >= 15 is 0 Å². The first-order valence-electron chi connectivity index (χ1n) is 7.68. The second-order valence-electron chi connectivity index (χ2n) is 5.92. The van der Waals surface area contributed by atoms with Gasteiger partial charge in [0.05, 0.1) is 22.7 Å². The van der Waals surface area contributed by atoms with Crippen LogP contribution in [0.25, 0.3) is 0 Å². The minimum absolute atomic E-state index is 0.133. The molecule has 1 saturated heterocycles. The van der Waals surface area contributed by atoms with E-state index in [9.17, 15) is 28.1 Å². The number of nitro groups is 1. The largest absolute Gasteiger partial charge is 0.401 e. The van der Waals surface area contributed by atoms with Gasteiger partial charge in [-0.3, -0.25) is 19.8 Å². The zero-order chi connectivity index (χ0) is 18.8. The Labute approximate surface area is 142 Å². The van der Waals surface area contributed by atoms with E-state index in [1.165, 1.54) is 30.1 Å². The molecule has 7 nitrogen and oxygen atoms in total. The summed E-state index contributed by atoms with van der Waals surface area (Å²) in [5.74, 6) is -0.482. The molecule has 1 aromatic carbocycles. The lowest BCUT2D eigenvalue weighted by molar-refractivity contribution is -0.384. The highest BCUT2D eigenvalue weighted by Gasteiger charge is 2.35. The van der Waals surface area contributed by atoms with Crippen molar-refractivity contribution in [1.29, 1.82) is 0 Å². The second kappa shape index (κ2) is 7.26. The number of halogens is 3. The average Bonchev–Trinajstić information content (AvgIpc) is 2.54. The molecule has 1 aliphatic rings. The minimum Gasteiger partial charge on any atom is -0.368 e. The van der Waals surface area contributed by atoms with Gasteiger partial charge < -0.3 is 10.2 Å². The number of anilines is 1. The van der Waals surface area contributed by atoms with Crippen LogP contribution in [0.5, 0.6) is 0 Å². The molecule has 1 N–H and O–H groups in total. The van der Waals surface area contributed by atoms with Crippen molar-refractivity contribution < 1.29 is 22.9 Å². The molecule has 0 radical (unpaired) electrons. The summed E-state index contributed by atoms with van der Waals surface area (Å²) in [6.07, 6.45) is -4.27. The number of carbonyl (C=O) groups is 1. The number of alkyl halides is 3. The molecular weight excluding hydrogens is 341 g/mol. The third-order valence-electron chi connectivity index (χ3n) is 4.15. The Balaban J connectivity index is 2.24. The van der Waals surface area contributed by atoms with Crippen LogP contribution in [0, 0.1) is 10.1 Å². The number of nitrogens with one attached hydrogen (secondary N) is 1. The number of nitrogens with zero attached hydrogens (tertiary/aromatic N) is 3. The fourth-order valence-electron chi connectivity index (χ4n) is 2.91. The third-order valence-corrected chi connectivity index (χ3v) is 4.15. The van der Waals surface area contributed by atoms with Crippen LogP contribution in [0.3, 0.4) is 0 Å². The molecule has 1 fully saturated rings. The summed E-state index contributed by atoms with van der Waals surface area (Å²) in [5, 5.41) is 13.4. The number of rotatable bonds is 4. The highest BCUT2D eigenvalue weighted by atomic mass is 19.4. The predicted molar refractivity (Wildman–Crippen MR) is 85.8 cm³/mol. The summed E-state index contributed by atoms with van der Waals surface area (Å²) in [4.78, 5) is 25.5. The van der Waals surface area contributed by atoms with Crippen molar-refractivity contribution in [3.05, 3.63) is 33.9 Å². The van der Waals surface area contributed by atoms with Crippen molar-refractivity contribution >= 4 is 17.3 Å². The predicted octanol–water partition coefficient (Wildman–Crippen LogP) is 2.03. The molecule has 25 heavy (non-hydrogen) atoms. The van der Waals surface area contributed by atoms with E-state index in [4.69, 9.17) is 0 Å². The van der Waals surface area contributed by atoms with Crippen LogP contribution in [0.15, 0.2) is 18.2 Å². The first-order chi connectivity index (χ1) is 11.6. The van der Waals surface area contributed by atoms with Gasteiger partial charge in [0.25, 0.3) is 11.6 Å². The molecule has 0 bridgehead atoms. The van der Waals surface area contributed by atoms with E-state index in [2.05, 4.69) is 5.32 Å². The van der Waals surface area contributed by atoms with Crippen molar-refractivity contribution in [1.82, 2.24) is 10.2 Å². The van der Waals surface area contributed by atoms with E-state index in [0.717, 1.165) is 0 Å². The Morgan fingerprint density at radius 2 is 2.08 bits per heavy atom. The van der Waals surface area contributed by atoms with Gasteiger partial charge in [-0.15, -0.1) is 0 Å². The number of amides is 1. The molecule has 1 amide bonds. The average molecular weight is 360 g/mol. The molecule has 1 aliphatic heterocycles. The maximum absolute atomic E-state index is 12.6.